The Balaban J connectivity index is 1.69. The van der Waals surface area contributed by atoms with Gasteiger partial charge in [-0.25, -0.2) is 4.79 Å². The van der Waals surface area contributed by atoms with Crippen LogP contribution < -0.4 is 0 Å². The van der Waals surface area contributed by atoms with E-state index in [2.05, 4.69) is 20.8 Å². The standard InChI is InChI=1S/C19H23NO2/c1-18(2)13-9-10-19(18,3)16-15(13)22-17(21)14(20-16)11-12-7-5-4-6-8-12/h4-8,13-15H,9-11H2,1-3H3/t13-,14-,15?,19+/m1/s1. The third-order valence-electron chi connectivity index (χ3n) is 6.59. The minimum absolute atomic E-state index is 0.0757. The summed E-state index contributed by atoms with van der Waals surface area (Å²) in [6.45, 7) is 6.93. The lowest BCUT2D eigenvalue weighted by molar-refractivity contribution is -0.151. The van der Waals surface area contributed by atoms with Crippen LogP contribution >= 0.6 is 0 Å². The molecule has 0 radical (unpaired) electrons. The zero-order valence-electron chi connectivity index (χ0n) is 13.5. The Kier molecular flexibility index (Phi) is 2.82. The van der Waals surface area contributed by atoms with Crippen LogP contribution in [-0.4, -0.2) is 23.8 Å². The van der Waals surface area contributed by atoms with Crippen LogP contribution in [0.2, 0.25) is 0 Å². The van der Waals surface area contributed by atoms with E-state index in [0.29, 0.717) is 12.3 Å². The average molecular weight is 297 g/mol. The fourth-order valence-corrected chi connectivity index (χ4v) is 4.77. The highest BCUT2D eigenvalue weighted by Crippen LogP contribution is 2.65. The van der Waals surface area contributed by atoms with Crippen molar-refractivity contribution in [2.75, 3.05) is 0 Å². The maximum absolute atomic E-state index is 12.4. The zero-order chi connectivity index (χ0) is 15.5. The summed E-state index contributed by atoms with van der Waals surface area (Å²) in [6, 6.07) is 9.71. The molecule has 1 aromatic carbocycles. The van der Waals surface area contributed by atoms with E-state index in [4.69, 9.17) is 9.73 Å². The summed E-state index contributed by atoms with van der Waals surface area (Å²) < 4.78 is 5.86. The smallest absolute Gasteiger partial charge is 0.331 e. The van der Waals surface area contributed by atoms with E-state index in [-0.39, 0.29) is 28.9 Å². The summed E-state index contributed by atoms with van der Waals surface area (Å²) in [4.78, 5) is 17.3. The number of hydrogen-bond donors (Lipinski definition) is 0. The number of benzene rings is 1. The quantitative estimate of drug-likeness (QED) is 0.785. The topological polar surface area (TPSA) is 38.7 Å². The monoisotopic (exact) mass is 297 g/mol. The third-order valence-corrected chi connectivity index (χ3v) is 6.59. The van der Waals surface area contributed by atoms with E-state index in [9.17, 15) is 4.79 Å². The highest BCUT2D eigenvalue weighted by Gasteiger charge is 2.67. The van der Waals surface area contributed by atoms with Gasteiger partial charge in [0.2, 0.25) is 0 Å². The van der Waals surface area contributed by atoms with Gasteiger partial charge < -0.3 is 4.74 Å². The fraction of sp³-hybridized carbons (Fsp3) is 0.579. The van der Waals surface area contributed by atoms with E-state index in [1.54, 1.807) is 0 Å². The molecule has 22 heavy (non-hydrogen) atoms. The van der Waals surface area contributed by atoms with Crippen molar-refractivity contribution < 1.29 is 9.53 Å². The lowest BCUT2D eigenvalue weighted by atomic mass is 9.70. The lowest BCUT2D eigenvalue weighted by Gasteiger charge is -2.36. The Bertz CT molecular complexity index is 649. The number of nitrogens with zero attached hydrogens (tertiary/aromatic N) is 1. The van der Waals surface area contributed by atoms with Crippen molar-refractivity contribution >= 4 is 11.7 Å². The van der Waals surface area contributed by atoms with Crippen molar-refractivity contribution in [3.05, 3.63) is 35.9 Å². The van der Waals surface area contributed by atoms with Crippen molar-refractivity contribution in [1.82, 2.24) is 0 Å². The second-order valence-electron chi connectivity index (χ2n) is 7.78. The summed E-state index contributed by atoms with van der Waals surface area (Å²) in [5, 5.41) is 0. The molecule has 2 saturated carbocycles. The molecule has 0 amide bonds. The van der Waals surface area contributed by atoms with Gasteiger partial charge in [-0.3, -0.25) is 4.99 Å². The maximum atomic E-state index is 12.4. The second kappa shape index (κ2) is 4.43. The van der Waals surface area contributed by atoms with Gasteiger partial charge in [0.05, 0.1) is 5.71 Å². The molecule has 4 atom stereocenters. The van der Waals surface area contributed by atoms with Gasteiger partial charge in [0.15, 0.2) is 6.04 Å². The molecule has 0 saturated heterocycles. The number of rotatable bonds is 2. The zero-order valence-corrected chi connectivity index (χ0v) is 13.5. The van der Waals surface area contributed by atoms with Gasteiger partial charge in [-0.2, -0.15) is 0 Å². The van der Waals surface area contributed by atoms with E-state index >= 15 is 0 Å². The molecule has 0 N–H and O–H groups in total. The Morgan fingerprint density at radius 1 is 1.23 bits per heavy atom. The van der Waals surface area contributed by atoms with Crippen molar-refractivity contribution in [2.45, 2.75) is 52.2 Å². The molecule has 3 heteroatoms. The van der Waals surface area contributed by atoms with Gasteiger partial charge in [-0.15, -0.1) is 0 Å². The highest BCUT2D eigenvalue weighted by molar-refractivity contribution is 6.03. The molecule has 4 rings (SSSR count). The molecule has 1 aromatic rings. The van der Waals surface area contributed by atoms with Crippen molar-refractivity contribution in [3.63, 3.8) is 0 Å². The number of esters is 1. The molecule has 2 bridgehead atoms. The number of aliphatic imine (C=N–C) groups is 1. The minimum atomic E-state index is -0.374. The number of hydrogen-bond acceptors (Lipinski definition) is 3. The van der Waals surface area contributed by atoms with Gasteiger partial charge in [-0.05, 0) is 23.8 Å². The lowest BCUT2D eigenvalue weighted by Crippen LogP contribution is -2.45. The van der Waals surface area contributed by atoms with E-state index < -0.39 is 0 Å². The van der Waals surface area contributed by atoms with E-state index in [1.165, 1.54) is 0 Å². The molecule has 1 aliphatic heterocycles. The predicted octanol–water partition coefficient (Wildman–Crippen LogP) is 3.42. The van der Waals surface area contributed by atoms with Gasteiger partial charge in [0, 0.05) is 17.8 Å². The fourth-order valence-electron chi connectivity index (χ4n) is 4.77. The first-order valence-electron chi connectivity index (χ1n) is 8.26. The highest BCUT2D eigenvalue weighted by atomic mass is 16.5. The maximum Gasteiger partial charge on any atom is 0.331 e. The van der Waals surface area contributed by atoms with Gasteiger partial charge in [-0.1, -0.05) is 51.1 Å². The molecule has 0 spiro atoms. The van der Waals surface area contributed by atoms with Gasteiger partial charge in [0.25, 0.3) is 0 Å². The molecule has 2 fully saturated rings. The summed E-state index contributed by atoms with van der Waals surface area (Å²) in [5.74, 6) is 0.280. The molecular weight excluding hydrogens is 274 g/mol. The van der Waals surface area contributed by atoms with Crippen LogP contribution in [0.1, 0.15) is 39.2 Å². The van der Waals surface area contributed by atoms with Gasteiger partial charge >= 0.3 is 5.97 Å². The van der Waals surface area contributed by atoms with Crippen LogP contribution in [0.25, 0.3) is 0 Å². The molecule has 0 aromatic heterocycles. The summed E-state index contributed by atoms with van der Waals surface area (Å²) >= 11 is 0. The Labute approximate surface area is 131 Å². The number of fused-ring (bicyclic) bond motifs is 5. The minimum Gasteiger partial charge on any atom is -0.454 e. The van der Waals surface area contributed by atoms with E-state index in [1.807, 2.05) is 30.3 Å². The molecule has 2 aliphatic carbocycles. The van der Waals surface area contributed by atoms with Crippen LogP contribution in [0, 0.1) is 16.7 Å². The van der Waals surface area contributed by atoms with Crippen LogP contribution in [0.15, 0.2) is 35.3 Å². The Morgan fingerprint density at radius 3 is 2.68 bits per heavy atom. The summed E-state index contributed by atoms with van der Waals surface area (Å²) in [6.07, 6.45) is 2.87. The number of ether oxygens (including phenoxy) is 1. The molecule has 3 nitrogen and oxygen atoms in total. The second-order valence-corrected chi connectivity index (χ2v) is 7.78. The SMILES string of the molecule is CC1(C)[C@@H]2CC[C@@]1(C)C1=N[C@H](Cc3ccccc3)C(=O)OC12. The largest absolute Gasteiger partial charge is 0.454 e. The van der Waals surface area contributed by atoms with Gasteiger partial charge in [0.1, 0.15) is 6.10 Å². The van der Waals surface area contributed by atoms with Crippen LogP contribution in [-0.2, 0) is 16.0 Å². The summed E-state index contributed by atoms with van der Waals surface area (Å²) in [5.41, 5.74) is 2.53. The van der Waals surface area contributed by atoms with Crippen molar-refractivity contribution in [2.24, 2.45) is 21.7 Å². The molecular formula is C19H23NO2. The Hall–Kier alpha value is -1.64. The normalized spacial score (nSPS) is 38.4. The molecule has 1 unspecified atom stereocenters. The predicted molar refractivity (Wildman–Crippen MR) is 85.9 cm³/mol. The first kappa shape index (κ1) is 14.0. The van der Waals surface area contributed by atoms with Crippen LogP contribution in [0.4, 0.5) is 0 Å². The first-order valence-corrected chi connectivity index (χ1v) is 8.26. The van der Waals surface area contributed by atoms with Crippen molar-refractivity contribution in [3.8, 4) is 0 Å². The molecule has 1 heterocycles. The van der Waals surface area contributed by atoms with E-state index in [0.717, 1.165) is 24.1 Å². The third kappa shape index (κ3) is 1.68. The molecule has 116 valence electrons. The molecule has 3 aliphatic rings. The van der Waals surface area contributed by atoms with Crippen LogP contribution in [0.5, 0.6) is 0 Å². The van der Waals surface area contributed by atoms with Crippen LogP contribution in [0.3, 0.4) is 0 Å². The number of carbonyl (C=O) groups is 1. The first-order chi connectivity index (χ1) is 10.4. The summed E-state index contributed by atoms with van der Waals surface area (Å²) in [7, 11) is 0. The number of carbonyl (C=O) groups excluding carboxylic acids is 1. The average Bonchev–Trinajstić information content (AvgIpc) is 2.81. The Morgan fingerprint density at radius 2 is 1.95 bits per heavy atom. The van der Waals surface area contributed by atoms with Crippen molar-refractivity contribution in [1.29, 1.82) is 0 Å².